The molecule has 0 radical (unpaired) electrons. The van der Waals surface area contributed by atoms with Gasteiger partial charge in [-0.25, -0.2) is 15.0 Å². The van der Waals surface area contributed by atoms with Crippen LogP contribution >= 0.6 is 0 Å². The summed E-state index contributed by atoms with van der Waals surface area (Å²) in [5.41, 5.74) is 5.75. The van der Waals surface area contributed by atoms with E-state index < -0.39 is 0 Å². The van der Waals surface area contributed by atoms with Gasteiger partial charge in [0.2, 0.25) is 0 Å². The Labute approximate surface area is 158 Å². The second-order valence-corrected chi connectivity index (χ2v) is 5.47. The predicted octanol–water partition coefficient (Wildman–Crippen LogP) is 6.11. The molecule has 1 aliphatic carbocycles. The van der Waals surface area contributed by atoms with Gasteiger partial charge in [-0.15, -0.1) is 0 Å². The summed E-state index contributed by atoms with van der Waals surface area (Å²) < 4.78 is 0. The van der Waals surface area contributed by atoms with Gasteiger partial charge in [0.15, 0.2) is 0 Å². The van der Waals surface area contributed by atoms with Crippen LogP contribution in [0.15, 0.2) is 48.5 Å². The molecule has 3 nitrogen and oxygen atoms in total. The van der Waals surface area contributed by atoms with E-state index in [4.69, 9.17) is 0 Å². The van der Waals surface area contributed by atoms with Crippen LogP contribution in [0.5, 0.6) is 0 Å². The molecule has 4 rings (SSSR count). The van der Waals surface area contributed by atoms with Crippen LogP contribution in [0.1, 0.15) is 56.3 Å². The number of aryl methyl sites for hydroxylation is 3. The fourth-order valence-corrected chi connectivity index (χ4v) is 2.86. The first kappa shape index (κ1) is 21.5. The Hall–Kier alpha value is -2.55. The molecule has 0 fully saturated rings. The number of nitrogens with zero attached hydrogens (tertiary/aromatic N) is 3. The molecule has 0 unspecified atom stereocenters. The average Bonchev–Trinajstić information content (AvgIpc) is 3.03. The molecule has 0 aliphatic heterocycles. The third-order valence-corrected chi connectivity index (χ3v) is 3.68. The quantitative estimate of drug-likeness (QED) is 0.384. The van der Waals surface area contributed by atoms with E-state index >= 15 is 0 Å². The van der Waals surface area contributed by atoms with Gasteiger partial charge in [-0.2, -0.15) is 0 Å². The number of benzene rings is 2. The molecule has 3 heteroatoms. The smallest absolute Gasteiger partial charge is 0.129 e. The molecule has 0 saturated heterocycles. The van der Waals surface area contributed by atoms with Gasteiger partial charge in [-0.3, -0.25) is 0 Å². The number of hydrogen-bond donors (Lipinski definition) is 0. The zero-order chi connectivity index (χ0) is 19.5. The molecule has 138 valence electrons. The molecule has 0 spiro atoms. The van der Waals surface area contributed by atoms with Crippen molar-refractivity contribution in [3.05, 3.63) is 77.1 Å². The van der Waals surface area contributed by atoms with Gasteiger partial charge in [0.1, 0.15) is 17.5 Å². The van der Waals surface area contributed by atoms with E-state index in [1.165, 1.54) is 22.3 Å². The first-order valence-electron chi connectivity index (χ1n) is 9.45. The van der Waals surface area contributed by atoms with Gasteiger partial charge in [-0.1, -0.05) is 76.2 Å². The summed E-state index contributed by atoms with van der Waals surface area (Å²) in [7, 11) is 0. The van der Waals surface area contributed by atoms with Crippen molar-refractivity contribution in [1.82, 2.24) is 15.0 Å². The first-order valence-corrected chi connectivity index (χ1v) is 9.45. The molecule has 1 aromatic heterocycles. The summed E-state index contributed by atoms with van der Waals surface area (Å²) in [6.07, 6.45) is 1.10. The van der Waals surface area contributed by atoms with Gasteiger partial charge in [0.05, 0.1) is 0 Å². The van der Waals surface area contributed by atoms with E-state index in [1.807, 2.05) is 48.5 Å². The minimum Gasteiger partial charge on any atom is -0.219 e. The standard InChI is InChI=1S/C13H10.C6H9N3.2C2H6/c1-3-7-12-10(5-1)9-11-6-2-4-8-13(11)12;1-4-7-5(2)9-6(3)8-4;2*1-2/h1-8H,9H2;1-3H3;2*1-2H3. The molecule has 26 heavy (non-hydrogen) atoms. The Kier molecular flexibility index (Phi) is 9.21. The lowest BCUT2D eigenvalue weighted by Gasteiger charge is -1.98. The summed E-state index contributed by atoms with van der Waals surface area (Å²) >= 11 is 0. The Balaban J connectivity index is 0.000000230. The molecule has 0 amide bonds. The van der Waals surface area contributed by atoms with Crippen LogP contribution in [-0.2, 0) is 6.42 Å². The lowest BCUT2D eigenvalue weighted by atomic mass is 10.1. The monoisotopic (exact) mass is 349 g/mol. The topological polar surface area (TPSA) is 38.7 Å². The van der Waals surface area contributed by atoms with Crippen molar-refractivity contribution in [3.63, 3.8) is 0 Å². The molecule has 0 atom stereocenters. The number of aromatic nitrogens is 3. The van der Waals surface area contributed by atoms with Crippen LogP contribution in [0.3, 0.4) is 0 Å². The minimum absolute atomic E-state index is 0.792. The Morgan fingerprint density at radius 1 is 0.538 bits per heavy atom. The van der Waals surface area contributed by atoms with E-state index in [9.17, 15) is 0 Å². The zero-order valence-electron chi connectivity index (χ0n) is 17.2. The van der Waals surface area contributed by atoms with Gasteiger partial charge in [0, 0.05) is 0 Å². The molecule has 3 aromatic rings. The van der Waals surface area contributed by atoms with Crippen LogP contribution in [0.2, 0.25) is 0 Å². The van der Waals surface area contributed by atoms with E-state index in [0.29, 0.717) is 0 Å². The van der Waals surface area contributed by atoms with Crippen molar-refractivity contribution in [1.29, 1.82) is 0 Å². The molecule has 2 aromatic carbocycles. The van der Waals surface area contributed by atoms with Crippen LogP contribution in [0.4, 0.5) is 0 Å². The normalized spacial score (nSPS) is 9.96. The second kappa shape index (κ2) is 11.1. The van der Waals surface area contributed by atoms with Crippen molar-refractivity contribution < 1.29 is 0 Å². The lowest BCUT2D eigenvalue weighted by Crippen LogP contribution is -1.97. The van der Waals surface area contributed by atoms with E-state index in [2.05, 4.69) is 63.5 Å². The summed E-state index contributed by atoms with van der Waals surface area (Å²) in [4.78, 5) is 12.0. The Morgan fingerprint density at radius 3 is 1.19 bits per heavy atom. The molecule has 0 N–H and O–H groups in total. The largest absolute Gasteiger partial charge is 0.219 e. The Morgan fingerprint density at radius 2 is 0.846 bits per heavy atom. The number of fused-ring (bicyclic) bond motifs is 3. The maximum Gasteiger partial charge on any atom is 0.129 e. The number of hydrogen-bond acceptors (Lipinski definition) is 3. The predicted molar refractivity (Wildman–Crippen MR) is 111 cm³/mol. The van der Waals surface area contributed by atoms with Gasteiger partial charge in [-0.05, 0) is 49.4 Å². The van der Waals surface area contributed by atoms with Crippen LogP contribution in [-0.4, -0.2) is 15.0 Å². The van der Waals surface area contributed by atoms with E-state index in [-0.39, 0.29) is 0 Å². The van der Waals surface area contributed by atoms with Crippen LogP contribution < -0.4 is 0 Å². The van der Waals surface area contributed by atoms with Crippen LogP contribution in [0.25, 0.3) is 11.1 Å². The average molecular weight is 350 g/mol. The molecule has 0 saturated carbocycles. The van der Waals surface area contributed by atoms with Crippen molar-refractivity contribution in [2.75, 3.05) is 0 Å². The van der Waals surface area contributed by atoms with Crippen molar-refractivity contribution in [2.45, 2.75) is 54.9 Å². The Bertz CT molecular complexity index is 716. The van der Waals surface area contributed by atoms with Crippen molar-refractivity contribution in [2.24, 2.45) is 0 Å². The minimum atomic E-state index is 0.792. The highest BCUT2D eigenvalue weighted by molar-refractivity contribution is 5.76. The van der Waals surface area contributed by atoms with Crippen molar-refractivity contribution >= 4 is 0 Å². The summed E-state index contributed by atoms with van der Waals surface area (Å²) in [5, 5.41) is 0. The lowest BCUT2D eigenvalue weighted by molar-refractivity contribution is 0.875. The molecular weight excluding hydrogens is 318 g/mol. The maximum absolute atomic E-state index is 4.01. The fourth-order valence-electron chi connectivity index (χ4n) is 2.86. The van der Waals surface area contributed by atoms with Crippen LogP contribution in [0, 0.1) is 20.8 Å². The molecule has 1 heterocycles. The third-order valence-electron chi connectivity index (χ3n) is 3.68. The van der Waals surface area contributed by atoms with Gasteiger partial charge >= 0.3 is 0 Å². The molecule has 0 bridgehead atoms. The summed E-state index contributed by atoms with van der Waals surface area (Å²) in [6, 6.07) is 17.3. The second-order valence-electron chi connectivity index (χ2n) is 5.47. The van der Waals surface area contributed by atoms with E-state index in [1.54, 1.807) is 0 Å². The summed E-state index contributed by atoms with van der Waals surface area (Å²) in [5.74, 6) is 2.38. The molecular formula is C23H31N3. The van der Waals surface area contributed by atoms with Crippen molar-refractivity contribution in [3.8, 4) is 11.1 Å². The highest BCUT2D eigenvalue weighted by Crippen LogP contribution is 2.35. The van der Waals surface area contributed by atoms with Gasteiger partial charge < -0.3 is 0 Å². The maximum atomic E-state index is 4.01. The van der Waals surface area contributed by atoms with Gasteiger partial charge in [0.25, 0.3) is 0 Å². The highest BCUT2D eigenvalue weighted by Gasteiger charge is 2.15. The van der Waals surface area contributed by atoms with E-state index in [0.717, 1.165) is 23.9 Å². The number of rotatable bonds is 0. The highest BCUT2D eigenvalue weighted by atomic mass is 15.0. The first-order chi connectivity index (χ1) is 12.6. The molecule has 1 aliphatic rings. The third kappa shape index (κ3) is 5.76. The SMILES string of the molecule is CC.CC.Cc1nc(C)nc(C)n1.c1ccc2c(c1)Cc1ccccc1-2. The zero-order valence-corrected chi connectivity index (χ0v) is 17.2. The summed E-state index contributed by atoms with van der Waals surface area (Å²) in [6.45, 7) is 13.6. The fraction of sp³-hybridized carbons (Fsp3) is 0.348.